The zero-order valence-electron chi connectivity index (χ0n) is 13.8. The van der Waals surface area contributed by atoms with Gasteiger partial charge in [0.05, 0.1) is 17.1 Å². The first-order chi connectivity index (χ1) is 11.9. The third kappa shape index (κ3) is 4.24. The Bertz CT molecular complexity index is 922. The van der Waals surface area contributed by atoms with Crippen molar-refractivity contribution in [3.63, 3.8) is 0 Å². The van der Waals surface area contributed by atoms with Gasteiger partial charge in [0.1, 0.15) is 5.82 Å². The summed E-state index contributed by atoms with van der Waals surface area (Å²) in [5, 5.41) is 4.40. The maximum absolute atomic E-state index is 13.1. The smallest absolute Gasteiger partial charge is 0.229 e. The van der Waals surface area contributed by atoms with Crippen molar-refractivity contribution < 1.29 is 9.18 Å². The zero-order valence-corrected chi connectivity index (χ0v) is 15.3. The quantitative estimate of drug-likeness (QED) is 0.664. The lowest BCUT2D eigenvalue weighted by atomic mass is 10.1. The number of amides is 1. The third-order valence-corrected chi connectivity index (χ3v) is 4.91. The van der Waals surface area contributed by atoms with Gasteiger partial charge in [0.2, 0.25) is 5.91 Å². The Kier molecular flexibility index (Phi) is 5.16. The minimum absolute atomic E-state index is 0.127. The number of hydrogen-bond acceptors (Lipinski definition) is 3. The average Bonchev–Trinajstić information content (AvgIpc) is 2.91. The molecule has 1 N–H and O–H groups in total. The van der Waals surface area contributed by atoms with Crippen molar-refractivity contribution >= 4 is 34.5 Å². The molecule has 0 atom stereocenters. The van der Waals surface area contributed by atoms with Gasteiger partial charge in [-0.1, -0.05) is 11.6 Å². The van der Waals surface area contributed by atoms with Crippen molar-refractivity contribution in [2.75, 3.05) is 5.32 Å². The molecule has 0 saturated heterocycles. The molecule has 0 spiro atoms. The van der Waals surface area contributed by atoms with Crippen molar-refractivity contribution in [2.45, 2.75) is 20.3 Å². The Hall–Kier alpha value is -2.24. The Balaban J connectivity index is 1.81. The van der Waals surface area contributed by atoms with Crippen molar-refractivity contribution in [3.8, 4) is 11.3 Å². The van der Waals surface area contributed by atoms with E-state index in [-0.39, 0.29) is 18.1 Å². The van der Waals surface area contributed by atoms with Crippen LogP contribution in [0.4, 0.5) is 10.1 Å². The summed E-state index contributed by atoms with van der Waals surface area (Å²) in [5.74, 6) is -0.425. The fourth-order valence-corrected chi connectivity index (χ4v) is 3.71. The molecular weight excluding hydrogens is 359 g/mol. The largest absolute Gasteiger partial charge is 0.326 e. The lowest BCUT2D eigenvalue weighted by molar-refractivity contribution is -0.115. The van der Waals surface area contributed by atoms with Gasteiger partial charge < -0.3 is 5.32 Å². The van der Waals surface area contributed by atoms with E-state index in [1.807, 2.05) is 13.8 Å². The van der Waals surface area contributed by atoms with Gasteiger partial charge >= 0.3 is 0 Å². The number of hydrogen-bond donors (Lipinski definition) is 1. The van der Waals surface area contributed by atoms with Gasteiger partial charge in [0.15, 0.2) is 0 Å². The first kappa shape index (κ1) is 17.6. The Morgan fingerprint density at radius 2 is 1.92 bits per heavy atom. The Labute approximate surface area is 154 Å². The second-order valence-electron chi connectivity index (χ2n) is 5.70. The minimum Gasteiger partial charge on any atom is -0.326 e. The number of nitrogens with one attached hydrogen (secondary N) is 1. The second-order valence-corrected chi connectivity index (χ2v) is 7.42. The van der Waals surface area contributed by atoms with Crippen molar-refractivity contribution in [1.82, 2.24) is 4.98 Å². The first-order valence-electron chi connectivity index (χ1n) is 7.70. The highest BCUT2D eigenvalue weighted by molar-refractivity contribution is 7.12. The number of carbonyl (C=O) groups is 1. The average molecular weight is 375 g/mol. The Morgan fingerprint density at radius 1 is 1.20 bits per heavy atom. The maximum Gasteiger partial charge on any atom is 0.229 e. The van der Waals surface area contributed by atoms with E-state index in [1.54, 1.807) is 30.3 Å². The zero-order chi connectivity index (χ0) is 18.0. The van der Waals surface area contributed by atoms with Gasteiger partial charge in [-0.15, -0.1) is 11.3 Å². The molecule has 0 radical (unpaired) electrons. The van der Waals surface area contributed by atoms with E-state index < -0.39 is 0 Å². The highest BCUT2D eigenvalue weighted by atomic mass is 35.5. The molecule has 0 bridgehead atoms. The summed E-state index contributed by atoms with van der Waals surface area (Å²) in [6.07, 6.45) is 0.209. The van der Waals surface area contributed by atoms with Crippen molar-refractivity contribution in [3.05, 3.63) is 68.8 Å². The van der Waals surface area contributed by atoms with Crippen LogP contribution in [0.15, 0.2) is 42.5 Å². The molecule has 25 heavy (non-hydrogen) atoms. The molecular formula is C19H16ClFN2OS. The van der Waals surface area contributed by atoms with Crippen LogP contribution in [0.25, 0.3) is 11.3 Å². The van der Waals surface area contributed by atoms with Crippen LogP contribution in [0.2, 0.25) is 5.02 Å². The van der Waals surface area contributed by atoms with Gasteiger partial charge in [-0.25, -0.2) is 9.37 Å². The Morgan fingerprint density at radius 3 is 2.60 bits per heavy atom. The number of rotatable bonds is 4. The number of benzene rings is 2. The molecule has 1 aromatic heterocycles. The summed E-state index contributed by atoms with van der Waals surface area (Å²) in [6, 6.07) is 11.5. The van der Waals surface area contributed by atoms with Crippen LogP contribution in [0, 0.1) is 19.7 Å². The molecule has 3 aromatic rings. The van der Waals surface area contributed by atoms with E-state index in [0.29, 0.717) is 5.02 Å². The van der Waals surface area contributed by atoms with E-state index in [4.69, 9.17) is 11.6 Å². The van der Waals surface area contributed by atoms with Crippen LogP contribution in [-0.4, -0.2) is 10.9 Å². The number of carbonyl (C=O) groups excluding carboxylic acids is 1. The molecule has 0 aliphatic heterocycles. The molecule has 0 saturated carbocycles. The summed E-state index contributed by atoms with van der Waals surface area (Å²) in [4.78, 5) is 17.8. The highest BCUT2D eigenvalue weighted by Crippen LogP contribution is 2.29. The SMILES string of the molecule is Cc1nc(-c2ccc(F)cc2)c(CC(=O)Nc2ccc(Cl)cc2C)s1. The third-order valence-electron chi connectivity index (χ3n) is 3.71. The predicted molar refractivity (Wildman–Crippen MR) is 101 cm³/mol. The molecule has 3 nitrogen and oxygen atoms in total. The van der Waals surface area contributed by atoms with Crippen molar-refractivity contribution in [1.29, 1.82) is 0 Å². The normalized spacial score (nSPS) is 10.7. The maximum atomic E-state index is 13.1. The van der Waals surface area contributed by atoms with Crippen LogP contribution in [0.5, 0.6) is 0 Å². The number of aryl methyl sites for hydroxylation is 2. The van der Waals surface area contributed by atoms with Gasteiger partial charge in [0, 0.05) is 21.2 Å². The molecule has 0 aliphatic rings. The van der Waals surface area contributed by atoms with Crippen LogP contribution < -0.4 is 5.32 Å². The lowest BCUT2D eigenvalue weighted by Crippen LogP contribution is -2.15. The molecule has 0 aliphatic carbocycles. The van der Waals surface area contributed by atoms with Gasteiger partial charge in [-0.3, -0.25) is 4.79 Å². The molecule has 0 fully saturated rings. The monoisotopic (exact) mass is 374 g/mol. The van der Waals surface area contributed by atoms with Crippen LogP contribution >= 0.6 is 22.9 Å². The van der Waals surface area contributed by atoms with Gasteiger partial charge in [-0.05, 0) is 61.9 Å². The highest BCUT2D eigenvalue weighted by Gasteiger charge is 2.15. The standard InChI is InChI=1S/C19H16ClFN2OS/c1-11-9-14(20)5-8-16(11)23-18(24)10-17-19(22-12(2)25-17)13-3-6-15(21)7-4-13/h3-9H,10H2,1-2H3,(H,23,24). The summed E-state index contributed by atoms with van der Waals surface area (Å²) in [6.45, 7) is 3.78. The number of aromatic nitrogens is 1. The number of nitrogens with zero attached hydrogens (tertiary/aromatic N) is 1. The van der Waals surface area contributed by atoms with Crippen LogP contribution in [0.3, 0.4) is 0 Å². The second kappa shape index (κ2) is 7.33. The molecule has 2 aromatic carbocycles. The minimum atomic E-state index is -0.298. The molecule has 6 heteroatoms. The summed E-state index contributed by atoms with van der Waals surface area (Å²) >= 11 is 7.41. The topological polar surface area (TPSA) is 42.0 Å². The fourth-order valence-electron chi connectivity index (χ4n) is 2.53. The molecule has 1 heterocycles. The summed E-state index contributed by atoms with van der Waals surface area (Å²) in [5.41, 5.74) is 3.17. The summed E-state index contributed by atoms with van der Waals surface area (Å²) < 4.78 is 13.1. The summed E-state index contributed by atoms with van der Waals surface area (Å²) in [7, 11) is 0. The molecule has 0 unspecified atom stereocenters. The van der Waals surface area contributed by atoms with E-state index in [9.17, 15) is 9.18 Å². The van der Waals surface area contributed by atoms with Gasteiger partial charge in [-0.2, -0.15) is 0 Å². The first-order valence-corrected chi connectivity index (χ1v) is 8.90. The molecule has 3 rings (SSSR count). The molecule has 1 amide bonds. The van der Waals surface area contributed by atoms with E-state index in [1.165, 1.54) is 23.5 Å². The van der Waals surface area contributed by atoms with Gasteiger partial charge in [0.25, 0.3) is 0 Å². The number of anilines is 1. The predicted octanol–water partition coefficient (Wildman–Crippen LogP) is 5.40. The van der Waals surface area contributed by atoms with E-state index in [0.717, 1.165) is 32.4 Å². The number of thiazole rings is 1. The van der Waals surface area contributed by atoms with Crippen molar-refractivity contribution in [2.24, 2.45) is 0 Å². The van der Waals surface area contributed by atoms with Crippen LogP contribution in [-0.2, 0) is 11.2 Å². The fraction of sp³-hybridized carbons (Fsp3) is 0.158. The lowest BCUT2D eigenvalue weighted by Gasteiger charge is -2.09. The van der Waals surface area contributed by atoms with E-state index >= 15 is 0 Å². The van der Waals surface area contributed by atoms with E-state index in [2.05, 4.69) is 10.3 Å². The number of halogens is 2. The molecule has 128 valence electrons. The van der Waals surface area contributed by atoms with Crippen LogP contribution in [0.1, 0.15) is 15.4 Å².